The first-order valence-electron chi connectivity index (χ1n) is 8.88. The summed E-state index contributed by atoms with van der Waals surface area (Å²) in [7, 11) is 0. The number of benzene rings is 1. The van der Waals surface area contributed by atoms with Crippen LogP contribution in [0.15, 0.2) is 74.5 Å². The van der Waals surface area contributed by atoms with E-state index in [1.807, 2.05) is 46.3 Å². The van der Waals surface area contributed by atoms with Crippen LogP contribution >= 0.6 is 23.1 Å². The summed E-state index contributed by atoms with van der Waals surface area (Å²) in [4.78, 5) is 19.6. The zero-order valence-electron chi connectivity index (χ0n) is 15.1. The van der Waals surface area contributed by atoms with Crippen molar-refractivity contribution in [2.45, 2.75) is 17.5 Å². The lowest BCUT2D eigenvalue weighted by Crippen LogP contribution is -2.10. The maximum absolute atomic E-state index is 12.2. The third-order valence-corrected chi connectivity index (χ3v) is 6.22. The van der Waals surface area contributed by atoms with E-state index in [0.717, 1.165) is 16.2 Å². The molecule has 9 heteroatoms. The van der Waals surface area contributed by atoms with Crippen molar-refractivity contribution in [3.05, 3.63) is 81.9 Å². The Bertz CT molecular complexity index is 1310. The molecule has 0 saturated heterocycles. The van der Waals surface area contributed by atoms with Crippen LogP contribution in [0.25, 0.3) is 21.8 Å². The zero-order valence-corrected chi connectivity index (χ0v) is 16.7. The average Bonchev–Trinajstić information content (AvgIpc) is 3.48. The molecular formula is C20H15N5O2S2. The van der Waals surface area contributed by atoms with Crippen LogP contribution in [0.5, 0.6) is 0 Å². The summed E-state index contributed by atoms with van der Waals surface area (Å²) in [5.41, 5.74) is 1.74. The van der Waals surface area contributed by atoms with Crippen molar-refractivity contribution in [2.75, 3.05) is 0 Å². The van der Waals surface area contributed by atoms with Crippen molar-refractivity contribution in [1.82, 2.24) is 24.7 Å². The van der Waals surface area contributed by atoms with Crippen LogP contribution in [-0.4, -0.2) is 24.7 Å². The first-order valence-corrected chi connectivity index (χ1v) is 10.7. The lowest BCUT2D eigenvalue weighted by molar-refractivity contribution is 0.569. The van der Waals surface area contributed by atoms with Gasteiger partial charge in [0.2, 0.25) is 5.82 Å². The van der Waals surface area contributed by atoms with Gasteiger partial charge in [-0.25, -0.2) is 4.98 Å². The molecule has 1 N–H and O–H groups in total. The van der Waals surface area contributed by atoms with Crippen LogP contribution in [0.1, 0.15) is 11.4 Å². The van der Waals surface area contributed by atoms with E-state index in [2.05, 4.69) is 32.3 Å². The molecule has 0 unspecified atom stereocenters. The highest BCUT2D eigenvalue weighted by Gasteiger charge is 2.17. The van der Waals surface area contributed by atoms with Crippen LogP contribution in [0.4, 0.5) is 0 Å². The summed E-state index contributed by atoms with van der Waals surface area (Å²) in [5, 5.41) is 11.3. The summed E-state index contributed by atoms with van der Waals surface area (Å²) < 4.78 is 8.20. The molecule has 0 aliphatic carbocycles. The predicted octanol–water partition coefficient (Wildman–Crippen LogP) is 4.18. The number of hydrogen-bond donors (Lipinski definition) is 1. The number of H-pyrrole nitrogens is 1. The minimum atomic E-state index is -0.109. The van der Waals surface area contributed by atoms with Gasteiger partial charge in [-0.1, -0.05) is 42.1 Å². The summed E-state index contributed by atoms with van der Waals surface area (Å²) in [6.07, 6.45) is 1.62. The number of rotatable bonds is 6. The van der Waals surface area contributed by atoms with Crippen molar-refractivity contribution in [3.8, 4) is 11.6 Å². The van der Waals surface area contributed by atoms with Gasteiger partial charge in [0.1, 0.15) is 10.5 Å². The maximum Gasteiger partial charge on any atom is 0.268 e. The number of thioether (sulfide) groups is 1. The molecule has 4 aromatic heterocycles. The van der Waals surface area contributed by atoms with Gasteiger partial charge in [0.15, 0.2) is 10.9 Å². The second kappa shape index (κ2) is 7.69. The molecule has 0 spiro atoms. The molecule has 144 valence electrons. The van der Waals surface area contributed by atoms with E-state index < -0.39 is 0 Å². The second-order valence-electron chi connectivity index (χ2n) is 6.29. The number of aromatic nitrogens is 5. The molecule has 1 aromatic carbocycles. The van der Waals surface area contributed by atoms with Crippen LogP contribution in [-0.2, 0) is 12.3 Å². The van der Waals surface area contributed by atoms with Crippen LogP contribution in [0, 0.1) is 0 Å². The highest BCUT2D eigenvalue weighted by molar-refractivity contribution is 7.98. The summed E-state index contributed by atoms with van der Waals surface area (Å²) in [5.74, 6) is 2.41. The number of fused-ring (bicyclic) bond motifs is 1. The molecule has 0 atom stereocenters. The molecule has 5 rings (SSSR count). The normalized spacial score (nSPS) is 11.3. The molecule has 4 heterocycles. The summed E-state index contributed by atoms with van der Waals surface area (Å²) >= 11 is 2.87. The first-order chi connectivity index (χ1) is 14.3. The van der Waals surface area contributed by atoms with Gasteiger partial charge < -0.3 is 9.40 Å². The van der Waals surface area contributed by atoms with E-state index >= 15 is 0 Å². The van der Waals surface area contributed by atoms with Gasteiger partial charge in [-0.05, 0) is 29.1 Å². The Labute approximate surface area is 173 Å². The lowest BCUT2D eigenvalue weighted by Gasteiger charge is -2.09. The minimum absolute atomic E-state index is 0.109. The standard InChI is InChI=1S/C20H15N5O2S2/c26-19-17-14(8-10-28-17)21-16(22-19)12-29-20-24-23-18(15-7-4-9-27-15)25(20)11-13-5-2-1-3-6-13/h1-10H,11-12H2,(H,21,22,26). The van der Waals surface area contributed by atoms with Crippen LogP contribution < -0.4 is 5.56 Å². The van der Waals surface area contributed by atoms with Gasteiger partial charge in [0.05, 0.1) is 24.1 Å². The third-order valence-electron chi connectivity index (χ3n) is 4.34. The lowest BCUT2D eigenvalue weighted by atomic mass is 10.2. The molecule has 0 aliphatic rings. The Hall–Kier alpha value is -3.17. The molecule has 0 amide bonds. The van der Waals surface area contributed by atoms with E-state index in [-0.39, 0.29) is 5.56 Å². The molecule has 0 radical (unpaired) electrons. The molecule has 7 nitrogen and oxygen atoms in total. The summed E-state index contributed by atoms with van der Waals surface area (Å²) in [6.45, 7) is 0.611. The van der Waals surface area contributed by atoms with Crippen molar-refractivity contribution in [2.24, 2.45) is 0 Å². The second-order valence-corrected chi connectivity index (χ2v) is 8.15. The number of furan rings is 1. The Morgan fingerprint density at radius 3 is 2.83 bits per heavy atom. The molecule has 0 bridgehead atoms. The van der Waals surface area contributed by atoms with Gasteiger partial charge in [-0.15, -0.1) is 21.5 Å². The molecule has 0 aliphatic heterocycles. The van der Waals surface area contributed by atoms with E-state index in [4.69, 9.17) is 4.42 Å². The van der Waals surface area contributed by atoms with Crippen LogP contribution in [0.2, 0.25) is 0 Å². The smallest absolute Gasteiger partial charge is 0.268 e. The van der Waals surface area contributed by atoms with Gasteiger partial charge in [0, 0.05) is 0 Å². The predicted molar refractivity (Wildman–Crippen MR) is 113 cm³/mol. The van der Waals surface area contributed by atoms with Gasteiger partial charge in [0.25, 0.3) is 5.56 Å². The average molecular weight is 422 g/mol. The monoisotopic (exact) mass is 421 g/mol. The fourth-order valence-electron chi connectivity index (χ4n) is 3.01. The topological polar surface area (TPSA) is 89.6 Å². The number of thiophene rings is 1. The number of nitrogens with zero attached hydrogens (tertiary/aromatic N) is 4. The van der Waals surface area contributed by atoms with Gasteiger partial charge in [-0.3, -0.25) is 9.36 Å². The highest BCUT2D eigenvalue weighted by atomic mass is 32.2. The van der Waals surface area contributed by atoms with Crippen molar-refractivity contribution >= 4 is 33.3 Å². The van der Waals surface area contributed by atoms with Crippen LogP contribution in [0.3, 0.4) is 0 Å². The van der Waals surface area contributed by atoms with Crippen molar-refractivity contribution < 1.29 is 4.42 Å². The third kappa shape index (κ3) is 3.62. The number of hydrogen-bond acceptors (Lipinski definition) is 7. The highest BCUT2D eigenvalue weighted by Crippen LogP contribution is 2.27. The molecule has 0 fully saturated rings. The van der Waals surface area contributed by atoms with Crippen molar-refractivity contribution in [3.63, 3.8) is 0 Å². The zero-order chi connectivity index (χ0) is 19.6. The quantitative estimate of drug-likeness (QED) is 0.414. The summed E-state index contributed by atoms with van der Waals surface area (Å²) in [6, 6.07) is 15.7. The van der Waals surface area contributed by atoms with E-state index in [1.54, 1.807) is 6.26 Å². The Kier molecular flexibility index (Phi) is 4.74. The van der Waals surface area contributed by atoms with Gasteiger partial charge in [-0.2, -0.15) is 0 Å². The SMILES string of the molecule is O=c1[nH]c(CSc2nnc(-c3ccco3)n2Cc2ccccc2)nc2ccsc12. The molecule has 5 aromatic rings. The first kappa shape index (κ1) is 17.9. The number of aromatic amines is 1. The van der Waals surface area contributed by atoms with Gasteiger partial charge >= 0.3 is 0 Å². The van der Waals surface area contributed by atoms with Crippen molar-refractivity contribution in [1.29, 1.82) is 0 Å². The molecule has 0 saturated carbocycles. The molecule has 29 heavy (non-hydrogen) atoms. The minimum Gasteiger partial charge on any atom is -0.461 e. The Balaban J connectivity index is 1.46. The largest absolute Gasteiger partial charge is 0.461 e. The molecular weight excluding hydrogens is 406 g/mol. The fraction of sp³-hybridized carbons (Fsp3) is 0.100. The van der Waals surface area contributed by atoms with E-state index in [0.29, 0.717) is 34.4 Å². The fourth-order valence-corrected chi connectivity index (χ4v) is 4.55. The van der Waals surface area contributed by atoms with E-state index in [1.165, 1.54) is 23.1 Å². The Morgan fingerprint density at radius 1 is 1.10 bits per heavy atom. The maximum atomic E-state index is 12.2. The number of nitrogens with one attached hydrogen (secondary N) is 1. The van der Waals surface area contributed by atoms with E-state index in [9.17, 15) is 4.79 Å². The Morgan fingerprint density at radius 2 is 2.00 bits per heavy atom.